The first-order valence-electron chi connectivity index (χ1n) is 8.16. The summed E-state index contributed by atoms with van der Waals surface area (Å²) in [6.07, 6.45) is 5.90. The molecule has 1 aromatic heterocycles. The van der Waals surface area contributed by atoms with E-state index in [0.29, 0.717) is 6.54 Å². The van der Waals surface area contributed by atoms with E-state index in [9.17, 15) is 9.18 Å². The first-order chi connectivity index (χ1) is 11.5. The van der Waals surface area contributed by atoms with Gasteiger partial charge in [-0.15, -0.1) is 0 Å². The second-order valence-corrected chi connectivity index (χ2v) is 6.84. The van der Waals surface area contributed by atoms with Gasteiger partial charge >= 0.3 is 0 Å². The molecule has 128 valence electrons. The lowest BCUT2D eigenvalue weighted by molar-refractivity contribution is -0.126. The van der Waals surface area contributed by atoms with Crippen LogP contribution in [0.3, 0.4) is 0 Å². The van der Waals surface area contributed by atoms with Crippen molar-refractivity contribution in [1.82, 2.24) is 20.0 Å². The van der Waals surface area contributed by atoms with Crippen LogP contribution < -0.4 is 5.32 Å². The van der Waals surface area contributed by atoms with Gasteiger partial charge in [-0.3, -0.25) is 14.4 Å². The molecular weight excluding hydrogens is 307 g/mol. The number of rotatable bonds is 7. The molecule has 0 saturated heterocycles. The quantitative estimate of drug-likeness (QED) is 0.847. The second-order valence-electron chi connectivity index (χ2n) is 6.84. The van der Waals surface area contributed by atoms with Gasteiger partial charge in [-0.25, -0.2) is 4.39 Å². The van der Waals surface area contributed by atoms with E-state index in [2.05, 4.69) is 10.4 Å². The molecule has 1 aromatic carbocycles. The number of nitrogens with one attached hydrogen (secondary N) is 1. The van der Waals surface area contributed by atoms with E-state index in [1.807, 2.05) is 35.9 Å². The van der Waals surface area contributed by atoms with Gasteiger partial charge in [0.2, 0.25) is 5.91 Å². The van der Waals surface area contributed by atoms with Crippen LogP contribution in [0, 0.1) is 11.2 Å². The molecule has 0 aliphatic heterocycles. The molecule has 0 bridgehead atoms. The predicted octanol–water partition coefficient (Wildman–Crippen LogP) is 2.22. The molecule has 1 saturated carbocycles. The zero-order valence-electron chi connectivity index (χ0n) is 14.1. The van der Waals surface area contributed by atoms with Gasteiger partial charge in [0.15, 0.2) is 0 Å². The Balaban J connectivity index is 1.63. The van der Waals surface area contributed by atoms with E-state index in [-0.39, 0.29) is 17.1 Å². The highest BCUT2D eigenvalue weighted by atomic mass is 19.1. The Bertz CT molecular complexity index is 678. The van der Waals surface area contributed by atoms with Crippen LogP contribution in [0.25, 0.3) is 0 Å². The summed E-state index contributed by atoms with van der Waals surface area (Å²) < 4.78 is 15.0. The Morgan fingerprint density at radius 3 is 2.62 bits per heavy atom. The molecule has 3 rings (SSSR count). The largest absolute Gasteiger partial charge is 0.354 e. The third-order valence-corrected chi connectivity index (χ3v) is 4.60. The van der Waals surface area contributed by atoms with Crippen molar-refractivity contribution in [2.45, 2.75) is 25.4 Å². The molecule has 6 heteroatoms. The van der Waals surface area contributed by atoms with Crippen LogP contribution in [-0.2, 0) is 11.3 Å². The number of benzene rings is 1. The number of likely N-dealkylation sites (N-methyl/N-ethyl adjacent to an activating group) is 1. The molecule has 1 atom stereocenters. The molecule has 2 aromatic rings. The topological polar surface area (TPSA) is 50.2 Å². The first kappa shape index (κ1) is 16.6. The number of amides is 1. The van der Waals surface area contributed by atoms with Crippen molar-refractivity contribution in [3.05, 3.63) is 54.1 Å². The first-order valence-corrected chi connectivity index (χ1v) is 8.16. The van der Waals surface area contributed by atoms with Crippen LogP contribution in [0.1, 0.15) is 24.4 Å². The molecule has 5 nitrogen and oxygen atoms in total. The Labute approximate surface area is 141 Å². The van der Waals surface area contributed by atoms with Crippen LogP contribution in [0.5, 0.6) is 0 Å². The number of hydrogen-bond acceptors (Lipinski definition) is 3. The van der Waals surface area contributed by atoms with E-state index in [0.717, 1.165) is 24.9 Å². The smallest absolute Gasteiger partial charge is 0.241 e. The highest BCUT2D eigenvalue weighted by Crippen LogP contribution is 2.46. The average Bonchev–Trinajstić information content (AvgIpc) is 3.11. The van der Waals surface area contributed by atoms with Gasteiger partial charge in [0, 0.05) is 30.9 Å². The van der Waals surface area contributed by atoms with Crippen molar-refractivity contribution in [3.8, 4) is 0 Å². The fourth-order valence-electron chi connectivity index (χ4n) is 3.01. The van der Waals surface area contributed by atoms with Gasteiger partial charge in [0.25, 0.3) is 0 Å². The highest BCUT2D eigenvalue weighted by molar-refractivity contribution is 5.83. The van der Waals surface area contributed by atoms with Crippen molar-refractivity contribution >= 4 is 5.91 Å². The highest BCUT2D eigenvalue weighted by Gasteiger charge is 2.43. The van der Waals surface area contributed by atoms with Crippen molar-refractivity contribution in [1.29, 1.82) is 0 Å². The van der Waals surface area contributed by atoms with E-state index in [4.69, 9.17) is 0 Å². The minimum atomic E-state index is -0.425. The van der Waals surface area contributed by atoms with Crippen LogP contribution >= 0.6 is 0 Å². The number of hydrogen-bond donors (Lipinski definition) is 1. The lowest BCUT2D eigenvalue weighted by Crippen LogP contribution is -2.40. The maximum absolute atomic E-state index is 13.1. The van der Waals surface area contributed by atoms with Crippen molar-refractivity contribution < 1.29 is 9.18 Å². The minimum absolute atomic E-state index is 0.0571. The molecule has 1 aliphatic carbocycles. The molecule has 1 N–H and O–H groups in total. The predicted molar refractivity (Wildman–Crippen MR) is 89.7 cm³/mol. The number of carbonyl (C=O) groups is 1. The maximum Gasteiger partial charge on any atom is 0.241 e. The summed E-state index contributed by atoms with van der Waals surface area (Å²) >= 11 is 0. The lowest BCUT2D eigenvalue weighted by atomic mass is 10.0. The van der Waals surface area contributed by atoms with E-state index in [1.54, 1.807) is 18.3 Å². The molecule has 0 radical (unpaired) electrons. The monoisotopic (exact) mass is 330 g/mol. The molecule has 24 heavy (non-hydrogen) atoms. The Kier molecular flexibility index (Phi) is 4.66. The minimum Gasteiger partial charge on any atom is -0.354 e. The summed E-state index contributed by atoms with van der Waals surface area (Å²) in [4.78, 5) is 14.5. The summed E-state index contributed by atoms with van der Waals surface area (Å²) in [6, 6.07) is 7.59. The van der Waals surface area contributed by atoms with Crippen LogP contribution in [-0.4, -0.2) is 41.2 Å². The molecule has 1 heterocycles. The van der Waals surface area contributed by atoms with E-state index in [1.165, 1.54) is 12.1 Å². The number of nitrogens with zero attached hydrogens (tertiary/aromatic N) is 3. The van der Waals surface area contributed by atoms with Crippen LogP contribution in [0.4, 0.5) is 4.39 Å². The molecule has 1 aliphatic rings. The summed E-state index contributed by atoms with van der Waals surface area (Å²) in [6.45, 7) is 1.46. The van der Waals surface area contributed by atoms with Gasteiger partial charge in [0.05, 0.1) is 0 Å². The van der Waals surface area contributed by atoms with Gasteiger partial charge in [-0.2, -0.15) is 5.10 Å². The number of carbonyl (C=O) groups excluding carboxylic acids is 1. The number of aromatic nitrogens is 2. The third-order valence-electron chi connectivity index (χ3n) is 4.60. The average molecular weight is 330 g/mol. The SMILES string of the molecule is CN(C)[C@@H](C(=O)NCC1(Cn2cccn2)CC1)c1ccc(F)cc1. The summed E-state index contributed by atoms with van der Waals surface area (Å²) in [7, 11) is 3.70. The Morgan fingerprint density at radius 1 is 1.38 bits per heavy atom. The summed E-state index contributed by atoms with van der Waals surface area (Å²) in [5.74, 6) is -0.355. The van der Waals surface area contributed by atoms with Crippen molar-refractivity contribution in [3.63, 3.8) is 0 Å². The van der Waals surface area contributed by atoms with E-state index >= 15 is 0 Å². The molecular formula is C18H23FN4O. The van der Waals surface area contributed by atoms with Crippen LogP contribution in [0.2, 0.25) is 0 Å². The maximum atomic E-state index is 13.1. The molecule has 1 amide bonds. The van der Waals surface area contributed by atoms with Gasteiger partial charge in [-0.1, -0.05) is 12.1 Å². The Hall–Kier alpha value is -2.21. The summed E-state index contributed by atoms with van der Waals surface area (Å²) in [5.41, 5.74) is 0.900. The van der Waals surface area contributed by atoms with Gasteiger partial charge in [-0.05, 0) is 50.7 Å². The molecule has 1 fully saturated rings. The van der Waals surface area contributed by atoms with Crippen molar-refractivity contribution in [2.24, 2.45) is 5.41 Å². The summed E-state index contributed by atoms with van der Waals surface area (Å²) in [5, 5.41) is 7.32. The van der Waals surface area contributed by atoms with Gasteiger partial charge < -0.3 is 5.32 Å². The van der Waals surface area contributed by atoms with Crippen LogP contribution in [0.15, 0.2) is 42.7 Å². The van der Waals surface area contributed by atoms with Crippen molar-refractivity contribution in [2.75, 3.05) is 20.6 Å². The lowest BCUT2D eigenvalue weighted by Gasteiger charge is -2.25. The second kappa shape index (κ2) is 6.73. The third kappa shape index (κ3) is 3.82. The Morgan fingerprint density at radius 2 is 2.08 bits per heavy atom. The molecule has 0 spiro atoms. The van der Waals surface area contributed by atoms with Gasteiger partial charge in [0.1, 0.15) is 11.9 Å². The van der Waals surface area contributed by atoms with E-state index < -0.39 is 6.04 Å². The fourth-order valence-corrected chi connectivity index (χ4v) is 3.01. The number of halogens is 1. The fraction of sp³-hybridized carbons (Fsp3) is 0.444. The standard InChI is InChI=1S/C18H23FN4O/c1-22(2)16(14-4-6-15(19)7-5-14)17(24)20-12-18(8-9-18)13-23-11-3-10-21-23/h3-7,10-11,16H,8-9,12-13H2,1-2H3,(H,20,24)/t16-/m1/s1. The zero-order chi connectivity index (χ0) is 17.2. The zero-order valence-corrected chi connectivity index (χ0v) is 14.1. The normalized spacial score (nSPS) is 16.8. The molecule has 0 unspecified atom stereocenters.